The maximum absolute atomic E-state index is 12.7. The van der Waals surface area contributed by atoms with E-state index in [0.717, 1.165) is 11.1 Å². The molecule has 5 heteroatoms. The number of rotatable bonds is 6. The van der Waals surface area contributed by atoms with Crippen LogP contribution >= 0.6 is 0 Å². The van der Waals surface area contributed by atoms with Crippen LogP contribution in [0.2, 0.25) is 0 Å². The van der Waals surface area contributed by atoms with Crippen molar-refractivity contribution in [3.63, 3.8) is 0 Å². The van der Waals surface area contributed by atoms with Crippen LogP contribution in [-0.4, -0.2) is 29.8 Å². The van der Waals surface area contributed by atoms with Crippen LogP contribution < -0.4 is 5.32 Å². The predicted octanol–water partition coefficient (Wildman–Crippen LogP) is 4.84. The molecule has 0 fully saturated rings. The molecule has 0 heterocycles. The number of ether oxygens (including phenoxy) is 2. The number of carbonyl (C=O) groups excluding carboxylic acids is 2. The van der Waals surface area contributed by atoms with Crippen molar-refractivity contribution >= 4 is 12.1 Å². The monoisotopic (exact) mass is 397 g/mol. The van der Waals surface area contributed by atoms with Crippen LogP contribution in [0.5, 0.6) is 0 Å². The zero-order valence-electron chi connectivity index (χ0n) is 18.1. The van der Waals surface area contributed by atoms with Gasteiger partial charge in [0, 0.05) is 0 Å². The molecule has 0 spiro atoms. The molecular formula is C24H31NO4. The molecule has 0 aliphatic rings. The average Bonchev–Trinajstić information content (AvgIpc) is 2.67. The fourth-order valence-electron chi connectivity index (χ4n) is 3.14. The van der Waals surface area contributed by atoms with Crippen LogP contribution in [0, 0.1) is 0 Å². The molecule has 5 nitrogen and oxygen atoms in total. The summed E-state index contributed by atoms with van der Waals surface area (Å²) >= 11 is 0. The van der Waals surface area contributed by atoms with E-state index in [1.807, 2.05) is 67.6 Å². The van der Waals surface area contributed by atoms with Crippen molar-refractivity contribution in [2.45, 2.75) is 64.7 Å². The topological polar surface area (TPSA) is 64.6 Å². The standard InChI is InChI=1S/C24H31NO4/c1-17(25-22(27)29-23(3,4)5)21(26)28-18(2)24(6,19-13-9-7-10-14-19)20-15-11-8-12-16-20/h7-18H,1-6H3,(H,25,27)/t17-,18-/m0/s1. The van der Waals surface area contributed by atoms with E-state index in [-0.39, 0.29) is 0 Å². The third kappa shape index (κ3) is 5.83. The Labute approximate surface area is 173 Å². The summed E-state index contributed by atoms with van der Waals surface area (Å²) in [6, 6.07) is 19.1. The third-order valence-electron chi connectivity index (χ3n) is 4.94. The van der Waals surface area contributed by atoms with Crippen molar-refractivity contribution < 1.29 is 19.1 Å². The van der Waals surface area contributed by atoms with E-state index in [9.17, 15) is 9.59 Å². The second kappa shape index (κ2) is 9.12. The molecular weight excluding hydrogens is 366 g/mol. The molecule has 0 unspecified atom stereocenters. The lowest BCUT2D eigenvalue weighted by molar-refractivity contribution is -0.152. The third-order valence-corrected chi connectivity index (χ3v) is 4.94. The van der Waals surface area contributed by atoms with Gasteiger partial charge in [-0.15, -0.1) is 0 Å². The minimum Gasteiger partial charge on any atom is -0.460 e. The zero-order chi connectivity index (χ0) is 21.7. The maximum atomic E-state index is 12.7. The van der Waals surface area contributed by atoms with Crippen LogP contribution in [0.4, 0.5) is 4.79 Å². The Bertz CT molecular complexity index is 772. The quantitative estimate of drug-likeness (QED) is 0.709. The van der Waals surface area contributed by atoms with E-state index < -0.39 is 35.2 Å². The number of benzene rings is 2. The lowest BCUT2D eigenvalue weighted by Crippen LogP contribution is -2.46. The van der Waals surface area contributed by atoms with Gasteiger partial charge in [0.2, 0.25) is 0 Å². The van der Waals surface area contributed by atoms with Gasteiger partial charge >= 0.3 is 12.1 Å². The molecule has 0 saturated heterocycles. The number of alkyl carbamates (subject to hydrolysis) is 1. The molecule has 0 radical (unpaired) electrons. The molecule has 0 aliphatic carbocycles. The average molecular weight is 398 g/mol. The van der Waals surface area contributed by atoms with Gasteiger partial charge in [-0.2, -0.15) is 0 Å². The van der Waals surface area contributed by atoms with E-state index in [2.05, 4.69) is 12.2 Å². The van der Waals surface area contributed by atoms with E-state index >= 15 is 0 Å². The number of carbonyl (C=O) groups is 2. The Morgan fingerprint density at radius 1 is 0.828 bits per heavy atom. The lowest BCUT2D eigenvalue weighted by atomic mass is 9.72. The highest BCUT2D eigenvalue weighted by Gasteiger charge is 2.38. The van der Waals surface area contributed by atoms with Gasteiger partial charge in [0.25, 0.3) is 0 Å². The van der Waals surface area contributed by atoms with E-state index in [0.29, 0.717) is 0 Å². The number of esters is 1. The van der Waals surface area contributed by atoms with Crippen molar-refractivity contribution in [3.8, 4) is 0 Å². The highest BCUT2D eigenvalue weighted by atomic mass is 16.6. The van der Waals surface area contributed by atoms with E-state index in [1.54, 1.807) is 27.7 Å². The van der Waals surface area contributed by atoms with E-state index in [4.69, 9.17) is 9.47 Å². The van der Waals surface area contributed by atoms with Crippen LogP contribution in [0.1, 0.15) is 52.7 Å². The van der Waals surface area contributed by atoms with Gasteiger partial charge in [-0.05, 0) is 52.7 Å². The molecule has 1 N–H and O–H groups in total. The van der Waals surface area contributed by atoms with Crippen molar-refractivity contribution in [3.05, 3.63) is 71.8 Å². The van der Waals surface area contributed by atoms with Gasteiger partial charge in [-0.3, -0.25) is 0 Å². The Hall–Kier alpha value is -2.82. The molecule has 2 rings (SSSR count). The van der Waals surface area contributed by atoms with Crippen molar-refractivity contribution in [2.75, 3.05) is 0 Å². The first-order valence-electron chi connectivity index (χ1n) is 9.85. The molecule has 0 bridgehead atoms. The Morgan fingerprint density at radius 3 is 1.69 bits per heavy atom. The van der Waals surface area contributed by atoms with Gasteiger partial charge in [0.05, 0.1) is 5.41 Å². The summed E-state index contributed by atoms with van der Waals surface area (Å²) in [6.45, 7) is 10.8. The fourth-order valence-corrected chi connectivity index (χ4v) is 3.14. The van der Waals surface area contributed by atoms with E-state index in [1.165, 1.54) is 0 Å². The minimum absolute atomic E-state index is 0.470. The van der Waals surface area contributed by atoms with Crippen molar-refractivity contribution in [2.24, 2.45) is 0 Å². The Balaban J connectivity index is 2.19. The zero-order valence-corrected chi connectivity index (χ0v) is 18.1. The Morgan fingerprint density at radius 2 is 1.28 bits per heavy atom. The van der Waals surface area contributed by atoms with Gasteiger partial charge in [-0.1, -0.05) is 60.7 Å². The molecule has 0 aliphatic heterocycles. The SMILES string of the molecule is C[C@H](NC(=O)OC(C)(C)C)C(=O)O[C@@H](C)C(C)(c1ccccc1)c1ccccc1. The van der Waals surface area contributed by atoms with Crippen molar-refractivity contribution in [1.82, 2.24) is 5.32 Å². The summed E-state index contributed by atoms with van der Waals surface area (Å²) in [4.78, 5) is 24.6. The normalized spacial score (nSPS) is 13.9. The number of amides is 1. The van der Waals surface area contributed by atoms with Gasteiger partial charge < -0.3 is 14.8 Å². The van der Waals surface area contributed by atoms with Gasteiger partial charge in [-0.25, -0.2) is 9.59 Å². The van der Waals surface area contributed by atoms with Crippen LogP contribution in [-0.2, 0) is 19.7 Å². The molecule has 156 valence electrons. The molecule has 0 saturated carbocycles. The number of hydrogen-bond donors (Lipinski definition) is 1. The smallest absolute Gasteiger partial charge is 0.408 e. The summed E-state index contributed by atoms with van der Waals surface area (Å²) < 4.78 is 11.0. The largest absolute Gasteiger partial charge is 0.460 e. The molecule has 2 atom stereocenters. The van der Waals surface area contributed by atoms with Crippen molar-refractivity contribution in [1.29, 1.82) is 0 Å². The van der Waals surface area contributed by atoms with Crippen LogP contribution in [0.25, 0.3) is 0 Å². The summed E-state index contributed by atoms with van der Waals surface area (Å²) in [7, 11) is 0. The highest BCUT2D eigenvalue weighted by molar-refractivity contribution is 5.81. The lowest BCUT2D eigenvalue weighted by Gasteiger charge is -2.37. The summed E-state index contributed by atoms with van der Waals surface area (Å²) in [5, 5.41) is 2.54. The molecule has 1 amide bonds. The molecule has 2 aromatic rings. The Kier molecular flexibility index (Phi) is 7.07. The molecule has 2 aromatic carbocycles. The second-order valence-electron chi connectivity index (χ2n) is 8.38. The van der Waals surface area contributed by atoms with Gasteiger partial charge in [0.15, 0.2) is 0 Å². The predicted molar refractivity (Wildman–Crippen MR) is 114 cm³/mol. The maximum Gasteiger partial charge on any atom is 0.408 e. The minimum atomic E-state index is -0.830. The van der Waals surface area contributed by atoms with Gasteiger partial charge in [0.1, 0.15) is 17.7 Å². The second-order valence-corrected chi connectivity index (χ2v) is 8.38. The number of hydrogen-bond acceptors (Lipinski definition) is 4. The molecule has 0 aromatic heterocycles. The summed E-state index contributed by atoms with van der Waals surface area (Å²) in [6.07, 6.45) is -1.12. The first-order chi connectivity index (χ1) is 13.5. The summed E-state index contributed by atoms with van der Waals surface area (Å²) in [5.74, 6) is -0.513. The first-order valence-corrected chi connectivity index (χ1v) is 9.85. The number of nitrogens with one attached hydrogen (secondary N) is 1. The first kappa shape index (κ1) is 22.5. The highest BCUT2D eigenvalue weighted by Crippen LogP contribution is 2.36. The van der Waals surface area contributed by atoms with Crippen LogP contribution in [0.3, 0.4) is 0 Å². The fraction of sp³-hybridized carbons (Fsp3) is 0.417. The van der Waals surface area contributed by atoms with Crippen LogP contribution in [0.15, 0.2) is 60.7 Å². The molecule has 29 heavy (non-hydrogen) atoms. The summed E-state index contributed by atoms with van der Waals surface area (Å²) in [5.41, 5.74) is 0.891.